The standard InChI is InChI=1S/C9H18N2O2S.ClH/c1-7-9(3-2-6-10-7)11-14(12,13)8-4-5-8;/h7-11H,2-6H2,1H3;1H. The number of rotatable bonds is 3. The fourth-order valence-corrected chi connectivity index (χ4v) is 3.58. The van der Waals surface area contributed by atoms with Crippen molar-refractivity contribution in [3.8, 4) is 0 Å². The lowest BCUT2D eigenvalue weighted by atomic mass is 10.0. The molecule has 15 heavy (non-hydrogen) atoms. The summed E-state index contributed by atoms with van der Waals surface area (Å²) in [5.74, 6) is 0. The van der Waals surface area contributed by atoms with Gasteiger partial charge in [-0.1, -0.05) is 0 Å². The minimum absolute atomic E-state index is 0. The molecule has 2 fully saturated rings. The predicted octanol–water partition coefficient (Wildman–Crippen LogP) is 0.630. The molecule has 0 aromatic carbocycles. The Kier molecular flexibility index (Phi) is 4.40. The van der Waals surface area contributed by atoms with Crippen LogP contribution in [0.5, 0.6) is 0 Å². The van der Waals surface area contributed by atoms with Gasteiger partial charge in [0, 0.05) is 12.1 Å². The molecule has 2 N–H and O–H groups in total. The molecule has 0 bridgehead atoms. The van der Waals surface area contributed by atoms with Crippen LogP contribution >= 0.6 is 12.4 Å². The summed E-state index contributed by atoms with van der Waals surface area (Å²) >= 11 is 0. The highest BCUT2D eigenvalue weighted by Gasteiger charge is 2.38. The number of hydrogen-bond acceptors (Lipinski definition) is 3. The molecule has 0 radical (unpaired) electrons. The highest BCUT2D eigenvalue weighted by molar-refractivity contribution is 7.90. The van der Waals surface area contributed by atoms with E-state index in [0.717, 1.165) is 32.2 Å². The van der Waals surface area contributed by atoms with E-state index in [0.29, 0.717) is 0 Å². The second-order valence-electron chi connectivity index (χ2n) is 4.35. The van der Waals surface area contributed by atoms with E-state index in [9.17, 15) is 8.42 Å². The van der Waals surface area contributed by atoms with Crippen molar-refractivity contribution in [2.75, 3.05) is 6.54 Å². The molecule has 1 heterocycles. The third-order valence-electron chi connectivity index (χ3n) is 3.04. The molecule has 1 aliphatic carbocycles. The molecule has 1 aliphatic heterocycles. The molecule has 0 aromatic rings. The van der Waals surface area contributed by atoms with Crippen molar-refractivity contribution in [2.24, 2.45) is 0 Å². The first-order valence-corrected chi connectivity index (χ1v) is 6.89. The van der Waals surface area contributed by atoms with Gasteiger partial charge >= 0.3 is 0 Å². The van der Waals surface area contributed by atoms with E-state index in [2.05, 4.69) is 10.0 Å². The number of halogens is 1. The maximum atomic E-state index is 11.7. The summed E-state index contributed by atoms with van der Waals surface area (Å²) in [6, 6.07) is 0.353. The molecule has 2 aliphatic rings. The molecular formula is C9H19ClN2O2S. The monoisotopic (exact) mass is 254 g/mol. The van der Waals surface area contributed by atoms with E-state index < -0.39 is 10.0 Å². The summed E-state index contributed by atoms with van der Waals surface area (Å²) in [5.41, 5.74) is 0. The fraction of sp³-hybridized carbons (Fsp3) is 1.00. The maximum absolute atomic E-state index is 11.7. The largest absolute Gasteiger partial charge is 0.313 e. The van der Waals surface area contributed by atoms with Gasteiger partial charge in [0.25, 0.3) is 0 Å². The van der Waals surface area contributed by atoms with Crippen LogP contribution in [0.1, 0.15) is 32.6 Å². The third-order valence-corrected chi connectivity index (χ3v) is 5.02. The lowest BCUT2D eigenvalue weighted by Gasteiger charge is -2.30. The summed E-state index contributed by atoms with van der Waals surface area (Å²) in [6.07, 6.45) is 3.69. The van der Waals surface area contributed by atoms with E-state index >= 15 is 0 Å². The van der Waals surface area contributed by atoms with Gasteiger partial charge in [0.05, 0.1) is 5.25 Å². The van der Waals surface area contributed by atoms with Gasteiger partial charge < -0.3 is 5.32 Å². The molecule has 0 spiro atoms. The van der Waals surface area contributed by atoms with Crippen molar-refractivity contribution in [1.82, 2.24) is 10.0 Å². The van der Waals surface area contributed by atoms with Gasteiger partial charge in [0.15, 0.2) is 0 Å². The first kappa shape index (κ1) is 13.2. The van der Waals surface area contributed by atoms with Gasteiger partial charge in [-0.2, -0.15) is 0 Å². The molecule has 2 rings (SSSR count). The molecule has 1 saturated heterocycles. The van der Waals surface area contributed by atoms with E-state index in [4.69, 9.17) is 0 Å². The maximum Gasteiger partial charge on any atom is 0.214 e. The number of piperidine rings is 1. The van der Waals surface area contributed by atoms with Crippen LogP contribution in [0.2, 0.25) is 0 Å². The Labute approximate surface area is 97.7 Å². The Hall–Kier alpha value is 0.160. The minimum atomic E-state index is -3.01. The summed E-state index contributed by atoms with van der Waals surface area (Å²) < 4.78 is 26.2. The summed E-state index contributed by atoms with van der Waals surface area (Å²) in [4.78, 5) is 0. The van der Waals surface area contributed by atoms with Crippen LogP contribution in [0.15, 0.2) is 0 Å². The number of hydrogen-bond donors (Lipinski definition) is 2. The van der Waals surface area contributed by atoms with E-state index in [1.807, 2.05) is 6.92 Å². The summed E-state index contributed by atoms with van der Waals surface area (Å²) in [7, 11) is -3.01. The highest BCUT2D eigenvalue weighted by atomic mass is 35.5. The topological polar surface area (TPSA) is 58.2 Å². The van der Waals surface area contributed by atoms with Crippen molar-refractivity contribution < 1.29 is 8.42 Å². The van der Waals surface area contributed by atoms with Gasteiger partial charge in [-0.05, 0) is 39.2 Å². The predicted molar refractivity (Wildman–Crippen MR) is 62.8 cm³/mol. The Morgan fingerprint density at radius 3 is 2.47 bits per heavy atom. The SMILES string of the molecule is CC1NCCCC1NS(=O)(=O)C1CC1.Cl. The molecule has 0 aromatic heterocycles. The Morgan fingerprint density at radius 1 is 1.27 bits per heavy atom. The summed E-state index contributed by atoms with van der Waals surface area (Å²) in [5, 5.41) is 3.19. The Bertz CT molecular complexity index is 303. The zero-order valence-corrected chi connectivity index (χ0v) is 10.5. The van der Waals surface area contributed by atoms with Crippen LogP contribution in [0, 0.1) is 0 Å². The number of sulfonamides is 1. The van der Waals surface area contributed by atoms with E-state index in [1.165, 1.54) is 0 Å². The zero-order valence-electron chi connectivity index (χ0n) is 8.90. The average Bonchev–Trinajstić information content (AvgIpc) is 2.91. The van der Waals surface area contributed by atoms with Crippen LogP contribution in [0.25, 0.3) is 0 Å². The molecule has 6 heteroatoms. The van der Waals surface area contributed by atoms with Crippen molar-refractivity contribution in [3.05, 3.63) is 0 Å². The molecule has 2 unspecified atom stereocenters. The number of nitrogens with one attached hydrogen (secondary N) is 2. The van der Waals surface area contributed by atoms with Crippen molar-refractivity contribution in [1.29, 1.82) is 0 Å². The van der Waals surface area contributed by atoms with E-state index in [1.54, 1.807) is 0 Å². The van der Waals surface area contributed by atoms with Crippen LogP contribution in [0.4, 0.5) is 0 Å². The fourth-order valence-electron chi connectivity index (χ4n) is 1.89. The van der Waals surface area contributed by atoms with Gasteiger partial charge in [-0.3, -0.25) is 0 Å². The molecule has 1 saturated carbocycles. The summed E-state index contributed by atoms with van der Waals surface area (Å²) in [6.45, 7) is 3.04. The zero-order chi connectivity index (χ0) is 10.2. The molecule has 2 atom stereocenters. The third kappa shape index (κ3) is 3.31. The van der Waals surface area contributed by atoms with Gasteiger partial charge in [0.2, 0.25) is 10.0 Å². The molecule has 0 amide bonds. The second kappa shape index (κ2) is 4.99. The second-order valence-corrected chi connectivity index (χ2v) is 6.35. The van der Waals surface area contributed by atoms with Crippen molar-refractivity contribution >= 4 is 22.4 Å². The molecule has 90 valence electrons. The first-order chi connectivity index (χ1) is 6.59. The normalized spacial score (nSPS) is 32.1. The van der Waals surface area contributed by atoms with Gasteiger partial charge in [-0.15, -0.1) is 12.4 Å². The van der Waals surface area contributed by atoms with Crippen molar-refractivity contribution in [2.45, 2.75) is 49.9 Å². The quantitative estimate of drug-likeness (QED) is 0.777. The average molecular weight is 255 g/mol. The highest BCUT2D eigenvalue weighted by Crippen LogP contribution is 2.28. The van der Waals surface area contributed by atoms with Crippen molar-refractivity contribution in [3.63, 3.8) is 0 Å². The Morgan fingerprint density at radius 2 is 1.93 bits per heavy atom. The Balaban J connectivity index is 0.00000112. The lowest BCUT2D eigenvalue weighted by Crippen LogP contribution is -2.52. The van der Waals surface area contributed by atoms with E-state index in [-0.39, 0.29) is 29.7 Å². The van der Waals surface area contributed by atoms with Crippen LogP contribution in [-0.4, -0.2) is 32.3 Å². The molecule has 4 nitrogen and oxygen atoms in total. The lowest BCUT2D eigenvalue weighted by molar-refractivity contribution is 0.348. The van der Waals surface area contributed by atoms with Gasteiger partial charge in [0.1, 0.15) is 0 Å². The molecular weight excluding hydrogens is 236 g/mol. The van der Waals surface area contributed by atoms with Crippen LogP contribution in [-0.2, 0) is 10.0 Å². The van der Waals surface area contributed by atoms with Crippen LogP contribution in [0.3, 0.4) is 0 Å². The minimum Gasteiger partial charge on any atom is -0.313 e. The first-order valence-electron chi connectivity index (χ1n) is 5.34. The smallest absolute Gasteiger partial charge is 0.214 e. The van der Waals surface area contributed by atoms with Gasteiger partial charge in [-0.25, -0.2) is 13.1 Å². The van der Waals surface area contributed by atoms with Crippen LogP contribution < -0.4 is 10.0 Å².